The smallest absolute Gasteiger partial charge is 0.344 e. The first-order valence-corrected chi connectivity index (χ1v) is 9.22. The Hall–Kier alpha value is -3.63. The van der Waals surface area contributed by atoms with Gasteiger partial charge in [-0.05, 0) is 30.2 Å². The molecular formula is C20H21F3N4O4. The zero-order chi connectivity index (χ0) is 23.2. The van der Waals surface area contributed by atoms with Gasteiger partial charge < -0.3 is 20.5 Å². The number of ketones is 1. The van der Waals surface area contributed by atoms with Gasteiger partial charge >= 0.3 is 12.2 Å². The van der Waals surface area contributed by atoms with Crippen molar-refractivity contribution < 1.29 is 27.6 Å². The highest BCUT2D eigenvalue weighted by Crippen LogP contribution is 2.21. The number of carbonyl (C=O) groups is 3. The summed E-state index contributed by atoms with van der Waals surface area (Å²) in [6, 6.07) is 8.67. The van der Waals surface area contributed by atoms with Crippen LogP contribution in [0.15, 0.2) is 53.5 Å². The maximum atomic E-state index is 12.7. The molecule has 0 saturated carbocycles. The molecule has 3 amide bonds. The standard InChI is InChI=1S/C20H21F3N4O4/c1-12(2)16(17(29)20(21,22)23)26-15(28)11-27-10-6-9-14(18(27)30)25-19(31)24-13-7-4-3-5-8-13/h3-10,12,16H,11H2,1-2H3,(H,26,28)(H2,24,25,31). The number of aromatic nitrogens is 1. The number of halogens is 3. The number of nitrogens with zero attached hydrogens (tertiary/aromatic N) is 1. The molecule has 0 aliphatic rings. The van der Waals surface area contributed by atoms with Gasteiger partial charge in [-0.3, -0.25) is 14.4 Å². The normalized spacial score (nSPS) is 12.2. The van der Waals surface area contributed by atoms with Gasteiger partial charge in [-0.1, -0.05) is 32.0 Å². The Morgan fingerprint density at radius 2 is 1.65 bits per heavy atom. The van der Waals surface area contributed by atoms with Gasteiger partial charge in [-0.25, -0.2) is 4.79 Å². The van der Waals surface area contributed by atoms with Crippen LogP contribution in [-0.4, -0.2) is 34.5 Å². The SMILES string of the molecule is CC(C)C(NC(=O)Cn1cccc(NC(=O)Nc2ccccc2)c1=O)C(=O)C(F)(F)F. The van der Waals surface area contributed by atoms with E-state index >= 15 is 0 Å². The Bertz CT molecular complexity index is 1000. The number of Topliss-reactive ketones (excluding diaryl/α,β-unsaturated/α-hetero) is 1. The maximum absolute atomic E-state index is 12.7. The van der Waals surface area contributed by atoms with E-state index in [0.717, 1.165) is 4.57 Å². The number of hydrogen-bond donors (Lipinski definition) is 3. The molecule has 11 heteroatoms. The predicted molar refractivity (Wildman–Crippen MR) is 108 cm³/mol. The van der Waals surface area contributed by atoms with Crippen molar-refractivity contribution in [1.29, 1.82) is 0 Å². The van der Waals surface area contributed by atoms with Gasteiger partial charge in [0.05, 0.1) is 6.04 Å². The van der Waals surface area contributed by atoms with Crippen molar-refractivity contribution in [3.8, 4) is 0 Å². The topological polar surface area (TPSA) is 109 Å². The van der Waals surface area contributed by atoms with E-state index in [9.17, 15) is 32.3 Å². The summed E-state index contributed by atoms with van der Waals surface area (Å²) in [6.45, 7) is 2.08. The number of hydrogen-bond acceptors (Lipinski definition) is 4. The van der Waals surface area contributed by atoms with Crippen LogP contribution in [0.1, 0.15) is 13.8 Å². The zero-order valence-corrected chi connectivity index (χ0v) is 16.7. The molecular weight excluding hydrogens is 417 g/mol. The third-order valence-corrected chi connectivity index (χ3v) is 4.16. The Labute approximate surface area is 175 Å². The third kappa shape index (κ3) is 6.69. The molecule has 1 heterocycles. The molecule has 0 aliphatic carbocycles. The molecule has 2 rings (SSSR count). The molecule has 1 unspecified atom stereocenters. The van der Waals surface area contributed by atoms with Crippen LogP contribution in [0.25, 0.3) is 0 Å². The van der Waals surface area contributed by atoms with E-state index in [1.807, 2.05) is 5.32 Å². The molecule has 1 atom stereocenters. The van der Waals surface area contributed by atoms with Crippen molar-refractivity contribution >= 4 is 29.1 Å². The lowest BCUT2D eigenvalue weighted by molar-refractivity contribution is -0.174. The zero-order valence-electron chi connectivity index (χ0n) is 16.7. The average Bonchev–Trinajstić information content (AvgIpc) is 2.68. The van der Waals surface area contributed by atoms with Gasteiger partial charge in [0.15, 0.2) is 0 Å². The molecule has 0 radical (unpaired) electrons. The quantitative estimate of drug-likeness (QED) is 0.618. The summed E-state index contributed by atoms with van der Waals surface area (Å²) < 4.78 is 39.1. The summed E-state index contributed by atoms with van der Waals surface area (Å²) in [6.07, 6.45) is -3.87. The molecule has 31 heavy (non-hydrogen) atoms. The van der Waals surface area contributed by atoms with Gasteiger partial charge in [0.2, 0.25) is 5.91 Å². The Balaban J connectivity index is 2.08. The lowest BCUT2D eigenvalue weighted by atomic mass is 9.99. The number of amides is 3. The summed E-state index contributed by atoms with van der Waals surface area (Å²) in [4.78, 5) is 48.3. The molecule has 0 spiro atoms. The van der Waals surface area contributed by atoms with E-state index < -0.39 is 48.0 Å². The average molecular weight is 438 g/mol. The lowest BCUT2D eigenvalue weighted by Gasteiger charge is -2.22. The van der Waals surface area contributed by atoms with E-state index in [-0.39, 0.29) is 5.69 Å². The molecule has 166 valence electrons. The van der Waals surface area contributed by atoms with Gasteiger partial charge in [0.1, 0.15) is 12.2 Å². The van der Waals surface area contributed by atoms with Gasteiger partial charge in [0, 0.05) is 11.9 Å². The van der Waals surface area contributed by atoms with Crippen LogP contribution in [0.5, 0.6) is 0 Å². The molecule has 0 aliphatic heterocycles. The molecule has 3 N–H and O–H groups in total. The van der Waals surface area contributed by atoms with Crippen LogP contribution in [0.4, 0.5) is 29.3 Å². The second-order valence-corrected chi connectivity index (χ2v) is 6.95. The highest BCUT2D eigenvalue weighted by atomic mass is 19.4. The van der Waals surface area contributed by atoms with E-state index in [2.05, 4.69) is 10.6 Å². The minimum absolute atomic E-state index is 0.143. The van der Waals surface area contributed by atoms with E-state index in [1.165, 1.54) is 32.2 Å². The minimum atomic E-state index is -5.10. The minimum Gasteiger partial charge on any atom is -0.344 e. The van der Waals surface area contributed by atoms with Gasteiger partial charge in [-0.2, -0.15) is 13.2 Å². The van der Waals surface area contributed by atoms with Gasteiger partial charge in [-0.15, -0.1) is 0 Å². The molecule has 0 bridgehead atoms. The van der Waals surface area contributed by atoms with E-state index in [4.69, 9.17) is 0 Å². The largest absolute Gasteiger partial charge is 0.452 e. The third-order valence-electron chi connectivity index (χ3n) is 4.16. The number of rotatable bonds is 7. The molecule has 1 aromatic carbocycles. The van der Waals surface area contributed by atoms with Crippen molar-refractivity contribution in [2.24, 2.45) is 5.92 Å². The Morgan fingerprint density at radius 1 is 1.00 bits per heavy atom. The van der Waals surface area contributed by atoms with E-state index in [1.54, 1.807) is 30.3 Å². The van der Waals surface area contributed by atoms with Crippen molar-refractivity contribution in [3.63, 3.8) is 0 Å². The van der Waals surface area contributed by atoms with Crippen LogP contribution in [-0.2, 0) is 16.1 Å². The summed E-state index contributed by atoms with van der Waals surface area (Å²) >= 11 is 0. The first-order chi connectivity index (χ1) is 14.5. The Morgan fingerprint density at radius 3 is 2.23 bits per heavy atom. The predicted octanol–water partition coefficient (Wildman–Crippen LogP) is 2.76. The molecule has 0 saturated heterocycles. The van der Waals surface area contributed by atoms with Gasteiger partial charge in [0.25, 0.3) is 11.3 Å². The highest BCUT2D eigenvalue weighted by molar-refractivity contribution is 5.99. The number of pyridine rings is 1. The number of benzene rings is 1. The lowest BCUT2D eigenvalue weighted by Crippen LogP contribution is -2.50. The fourth-order valence-corrected chi connectivity index (χ4v) is 2.65. The number of nitrogens with one attached hydrogen (secondary N) is 3. The Kier molecular flexibility index (Phi) is 7.56. The summed E-state index contributed by atoms with van der Waals surface area (Å²) in [5.74, 6) is -3.84. The molecule has 2 aromatic rings. The number of urea groups is 1. The summed E-state index contributed by atoms with van der Waals surface area (Å²) in [5.41, 5.74) is -0.399. The van der Waals surface area contributed by atoms with E-state index in [0.29, 0.717) is 5.69 Å². The molecule has 1 aromatic heterocycles. The first kappa shape index (κ1) is 23.6. The highest BCUT2D eigenvalue weighted by Gasteiger charge is 2.44. The van der Waals surface area contributed by atoms with Crippen LogP contribution in [0.3, 0.4) is 0 Å². The van der Waals surface area contributed by atoms with Crippen molar-refractivity contribution in [1.82, 2.24) is 9.88 Å². The van der Waals surface area contributed by atoms with Crippen molar-refractivity contribution in [2.75, 3.05) is 10.6 Å². The molecule has 0 fully saturated rings. The second kappa shape index (κ2) is 9.92. The van der Waals surface area contributed by atoms with Crippen LogP contribution >= 0.6 is 0 Å². The van der Waals surface area contributed by atoms with Crippen LogP contribution in [0, 0.1) is 5.92 Å². The summed E-state index contributed by atoms with van der Waals surface area (Å²) in [7, 11) is 0. The van der Waals surface area contributed by atoms with Crippen LogP contribution in [0.2, 0.25) is 0 Å². The molecule has 8 nitrogen and oxygen atoms in total. The van der Waals surface area contributed by atoms with Crippen molar-refractivity contribution in [3.05, 3.63) is 59.0 Å². The number of para-hydroxylation sites is 1. The van der Waals surface area contributed by atoms with Crippen molar-refractivity contribution in [2.45, 2.75) is 32.6 Å². The maximum Gasteiger partial charge on any atom is 0.452 e. The fourth-order valence-electron chi connectivity index (χ4n) is 2.65. The first-order valence-electron chi connectivity index (χ1n) is 9.22. The summed E-state index contributed by atoms with van der Waals surface area (Å²) in [5, 5.41) is 6.90. The monoisotopic (exact) mass is 438 g/mol. The second-order valence-electron chi connectivity index (χ2n) is 6.95. The number of carbonyl (C=O) groups excluding carboxylic acids is 3. The fraction of sp³-hybridized carbons (Fsp3) is 0.300. The van der Waals surface area contributed by atoms with Crippen LogP contribution < -0.4 is 21.5 Å². The number of anilines is 2. The number of alkyl halides is 3.